The second-order valence-electron chi connectivity index (χ2n) is 5.61. The van der Waals surface area contributed by atoms with Crippen molar-refractivity contribution in [3.63, 3.8) is 0 Å². The Morgan fingerprint density at radius 1 is 1.26 bits per heavy atom. The highest BCUT2D eigenvalue weighted by Crippen LogP contribution is 2.31. The number of carbonyl (C=O) groups is 1. The lowest BCUT2D eigenvalue weighted by Gasteiger charge is -2.19. The van der Waals surface area contributed by atoms with Crippen molar-refractivity contribution in [3.05, 3.63) is 48.5 Å². The van der Waals surface area contributed by atoms with Gasteiger partial charge in [-0.05, 0) is 72.7 Å². The highest BCUT2D eigenvalue weighted by Gasteiger charge is 2.20. The number of nitrogens with zero attached hydrogens (tertiary/aromatic N) is 1. The van der Waals surface area contributed by atoms with Crippen LogP contribution in [-0.4, -0.2) is 37.6 Å². The molecule has 0 spiro atoms. The molecule has 0 radical (unpaired) electrons. The summed E-state index contributed by atoms with van der Waals surface area (Å²) in [6.45, 7) is 1.01. The minimum atomic E-state index is -0.566. The maximum Gasteiger partial charge on any atom is 0.329 e. The fraction of sp³-hybridized carbons (Fsp3) is 0.222. The summed E-state index contributed by atoms with van der Waals surface area (Å²) in [6.07, 6.45) is -0.107. The van der Waals surface area contributed by atoms with Gasteiger partial charge in [-0.15, -0.1) is 0 Å². The number of rotatable bonds is 7. The zero-order chi connectivity index (χ0) is 19.2. The summed E-state index contributed by atoms with van der Waals surface area (Å²) in [6, 6.07) is 13.9. The van der Waals surface area contributed by atoms with Gasteiger partial charge in [-0.25, -0.2) is 9.10 Å². The van der Waals surface area contributed by atoms with Crippen molar-refractivity contribution in [3.8, 4) is 11.5 Å². The quantitative estimate of drug-likeness (QED) is 0.541. The number of urea groups is 1. The predicted octanol–water partition coefficient (Wildman–Crippen LogP) is 2.94. The van der Waals surface area contributed by atoms with Crippen LogP contribution in [0.2, 0.25) is 0 Å². The molecule has 2 amide bonds. The zero-order valence-corrected chi connectivity index (χ0v) is 16.2. The van der Waals surface area contributed by atoms with Gasteiger partial charge in [-0.1, -0.05) is 0 Å². The molecule has 1 aliphatic heterocycles. The van der Waals surface area contributed by atoms with E-state index in [0.717, 1.165) is 10.6 Å². The molecule has 0 aliphatic carbocycles. The van der Waals surface area contributed by atoms with Gasteiger partial charge >= 0.3 is 6.03 Å². The predicted molar refractivity (Wildman–Crippen MR) is 108 cm³/mol. The molecule has 0 saturated carbocycles. The normalized spacial score (nSPS) is 15.6. The number of primary amides is 1. The van der Waals surface area contributed by atoms with Crippen molar-refractivity contribution in [2.45, 2.75) is 11.0 Å². The van der Waals surface area contributed by atoms with E-state index in [9.17, 15) is 4.79 Å². The fourth-order valence-corrected chi connectivity index (χ4v) is 3.36. The minimum absolute atomic E-state index is 0.107. The van der Waals surface area contributed by atoms with Crippen LogP contribution in [0.15, 0.2) is 53.4 Å². The average Bonchev–Trinajstić information content (AvgIpc) is 3.10. The van der Waals surface area contributed by atoms with Gasteiger partial charge in [0.05, 0.1) is 19.3 Å². The molecular formula is C18H19N3O4S2. The Bertz CT molecular complexity index is 799. The summed E-state index contributed by atoms with van der Waals surface area (Å²) in [7, 11) is 1.60. The van der Waals surface area contributed by atoms with Crippen LogP contribution < -0.4 is 24.8 Å². The summed E-state index contributed by atoms with van der Waals surface area (Å²) >= 11 is 6.15. The van der Waals surface area contributed by atoms with Crippen LogP contribution >= 0.6 is 24.2 Å². The van der Waals surface area contributed by atoms with Crippen molar-refractivity contribution in [2.24, 2.45) is 5.73 Å². The monoisotopic (exact) mass is 405 g/mol. The Morgan fingerprint density at radius 3 is 2.48 bits per heavy atom. The van der Waals surface area contributed by atoms with E-state index in [1.165, 1.54) is 16.3 Å². The molecule has 3 rings (SSSR count). The van der Waals surface area contributed by atoms with Gasteiger partial charge in [0.15, 0.2) is 6.10 Å². The number of carbonyl (C=O) groups excluding carboxylic acids is 1. The molecule has 1 fully saturated rings. The van der Waals surface area contributed by atoms with E-state index in [2.05, 4.69) is 5.32 Å². The van der Waals surface area contributed by atoms with Crippen molar-refractivity contribution >= 4 is 41.1 Å². The lowest BCUT2D eigenvalue weighted by molar-refractivity contribution is 0.150. The molecule has 1 saturated heterocycles. The summed E-state index contributed by atoms with van der Waals surface area (Å²) in [5, 5.41) is 3.33. The van der Waals surface area contributed by atoms with E-state index >= 15 is 0 Å². The van der Waals surface area contributed by atoms with E-state index in [1.54, 1.807) is 31.4 Å². The number of benzene rings is 2. The number of anilines is 1. The summed E-state index contributed by atoms with van der Waals surface area (Å²) in [5.41, 5.74) is 6.19. The molecule has 9 heteroatoms. The molecule has 27 heavy (non-hydrogen) atoms. The Labute approximate surface area is 166 Å². The molecule has 1 atom stereocenters. The topological polar surface area (TPSA) is 86.1 Å². The van der Waals surface area contributed by atoms with Gasteiger partial charge < -0.3 is 25.3 Å². The molecule has 0 aromatic heterocycles. The summed E-state index contributed by atoms with van der Waals surface area (Å²) in [5.74, 6) is 1.41. The number of methoxy groups -OCH3 is 1. The zero-order valence-electron chi connectivity index (χ0n) is 14.6. The van der Waals surface area contributed by atoms with Crippen LogP contribution in [0.1, 0.15) is 0 Å². The molecule has 142 valence electrons. The second-order valence-corrected chi connectivity index (χ2v) is 7.00. The molecule has 0 bridgehead atoms. The maximum atomic E-state index is 11.9. The Balaban J connectivity index is 1.62. The standard InChI is InChI=1S/C18H19N3O4S2/c1-23-13-6-8-16(9-7-13)27-21(17(19)22)12-2-4-14(5-3-12)24-11-15-10-20-18(26)25-15/h2-9,15H,10-11H2,1H3,(H2,19,22)(H,20,26). The number of nitrogens with two attached hydrogens (primary N) is 1. The van der Waals surface area contributed by atoms with E-state index in [-0.39, 0.29) is 6.10 Å². The number of hydrogen-bond acceptors (Lipinski definition) is 6. The number of thiocarbonyl (C=S) groups is 1. The first kappa shape index (κ1) is 19.1. The average molecular weight is 406 g/mol. The molecule has 7 nitrogen and oxygen atoms in total. The van der Waals surface area contributed by atoms with E-state index in [0.29, 0.717) is 29.8 Å². The largest absolute Gasteiger partial charge is 0.497 e. The van der Waals surface area contributed by atoms with Crippen molar-refractivity contribution < 1.29 is 19.0 Å². The van der Waals surface area contributed by atoms with Crippen LogP contribution in [0.3, 0.4) is 0 Å². The summed E-state index contributed by atoms with van der Waals surface area (Å²) < 4.78 is 17.6. The Hall–Kier alpha value is -2.65. The Kier molecular flexibility index (Phi) is 6.25. The van der Waals surface area contributed by atoms with Crippen LogP contribution in [0.4, 0.5) is 10.5 Å². The third-order valence-corrected chi connectivity index (χ3v) is 5.01. The van der Waals surface area contributed by atoms with Gasteiger partial charge in [0.1, 0.15) is 18.1 Å². The number of amides is 2. The smallest absolute Gasteiger partial charge is 0.329 e. The van der Waals surface area contributed by atoms with Gasteiger partial charge in [-0.3, -0.25) is 0 Å². The first-order chi connectivity index (χ1) is 13.0. The number of hydrogen-bond donors (Lipinski definition) is 2. The minimum Gasteiger partial charge on any atom is -0.497 e. The molecule has 1 unspecified atom stereocenters. The third-order valence-electron chi connectivity index (χ3n) is 3.71. The van der Waals surface area contributed by atoms with E-state index < -0.39 is 6.03 Å². The molecule has 3 N–H and O–H groups in total. The first-order valence-electron chi connectivity index (χ1n) is 8.14. The SMILES string of the molecule is COc1ccc(SN(C(N)=O)c2ccc(OCC3CNC(=S)O3)cc2)cc1. The lowest BCUT2D eigenvalue weighted by Crippen LogP contribution is -2.29. The van der Waals surface area contributed by atoms with Crippen LogP contribution in [0.25, 0.3) is 0 Å². The lowest BCUT2D eigenvalue weighted by atomic mass is 10.3. The molecule has 2 aromatic rings. The third kappa shape index (κ3) is 5.18. The first-order valence-corrected chi connectivity index (χ1v) is 9.32. The molecule has 1 heterocycles. The number of nitrogens with one attached hydrogen (secondary N) is 1. The van der Waals surface area contributed by atoms with Crippen LogP contribution in [0, 0.1) is 0 Å². The van der Waals surface area contributed by atoms with Crippen LogP contribution in [-0.2, 0) is 4.74 Å². The number of ether oxygens (including phenoxy) is 3. The van der Waals surface area contributed by atoms with E-state index in [4.69, 9.17) is 32.2 Å². The van der Waals surface area contributed by atoms with E-state index in [1.807, 2.05) is 24.3 Å². The highest BCUT2D eigenvalue weighted by atomic mass is 32.2. The van der Waals surface area contributed by atoms with Crippen LogP contribution in [0.5, 0.6) is 11.5 Å². The highest BCUT2D eigenvalue weighted by molar-refractivity contribution is 8.01. The van der Waals surface area contributed by atoms with Crippen molar-refractivity contribution in [1.29, 1.82) is 0 Å². The second kappa shape index (κ2) is 8.83. The van der Waals surface area contributed by atoms with Gasteiger partial charge in [0.25, 0.3) is 5.17 Å². The van der Waals surface area contributed by atoms with Crippen molar-refractivity contribution in [1.82, 2.24) is 5.32 Å². The summed E-state index contributed by atoms with van der Waals surface area (Å²) in [4.78, 5) is 12.7. The Morgan fingerprint density at radius 2 is 1.93 bits per heavy atom. The molecule has 2 aromatic carbocycles. The maximum absolute atomic E-state index is 11.9. The molecule has 1 aliphatic rings. The fourth-order valence-electron chi connectivity index (χ4n) is 2.36. The van der Waals surface area contributed by atoms with Gasteiger partial charge in [-0.2, -0.15) is 0 Å². The van der Waals surface area contributed by atoms with Crippen molar-refractivity contribution in [2.75, 3.05) is 24.6 Å². The van der Waals surface area contributed by atoms with Gasteiger partial charge in [0.2, 0.25) is 0 Å². The van der Waals surface area contributed by atoms with Gasteiger partial charge in [0, 0.05) is 4.90 Å². The molecular weight excluding hydrogens is 386 g/mol.